The highest BCUT2D eigenvalue weighted by molar-refractivity contribution is 7.98. The Kier molecular flexibility index (Phi) is 7.52. The van der Waals surface area contributed by atoms with Gasteiger partial charge in [0, 0.05) is 29.5 Å². The number of nitrogens with one attached hydrogen (secondary N) is 1. The van der Waals surface area contributed by atoms with Gasteiger partial charge in [-0.3, -0.25) is 19.5 Å². The quantitative estimate of drug-likeness (QED) is 0.210. The van der Waals surface area contributed by atoms with Crippen LogP contribution in [-0.4, -0.2) is 31.5 Å². The zero-order valence-electron chi connectivity index (χ0n) is 18.0. The van der Waals surface area contributed by atoms with Gasteiger partial charge in [-0.15, -0.1) is 21.8 Å². The first-order valence-electron chi connectivity index (χ1n) is 9.93. The zero-order chi connectivity index (χ0) is 23.3. The standard InChI is InChI=1S/C22H24ClN5O3S/c1-15-5-4-6-16(11-15)13-32-21-26-25-19(12-24-20(29)22(2,3)14-23)27(21)17-7-9-18(10-8-17)28(30)31/h4-11H,12-14H2,1-3H3,(H,24,29). The summed E-state index contributed by atoms with van der Waals surface area (Å²) in [4.78, 5) is 23.0. The van der Waals surface area contributed by atoms with Crippen LogP contribution in [0.3, 0.4) is 0 Å². The summed E-state index contributed by atoms with van der Waals surface area (Å²) in [5.74, 6) is 1.19. The highest BCUT2D eigenvalue weighted by atomic mass is 35.5. The Morgan fingerprint density at radius 3 is 2.56 bits per heavy atom. The number of carbonyl (C=O) groups is 1. The van der Waals surface area contributed by atoms with E-state index in [1.165, 1.54) is 29.5 Å². The van der Waals surface area contributed by atoms with Gasteiger partial charge in [0.05, 0.1) is 16.9 Å². The van der Waals surface area contributed by atoms with Crippen molar-refractivity contribution in [2.75, 3.05) is 5.88 Å². The second-order valence-corrected chi connectivity index (χ2v) is 9.20. The van der Waals surface area contributed by atoms with E-state index in [4.69, 9.17) is 11.6 Å². The van der Waals surface area contributed by atoms with Gasteiger partial charge in [-0.25, -0.2) is 0 Å². The number of halogens is 1. The summed E-state index contributed by atoms with van der Waals surface area (Å²) in [5, 5.41) is 23.1. The Hall–Kier alpha value is -2.91. The molecule has 10 heteroatoms. The van der Waals surface area contributed by atoms with Crippen LogP contribution in [0.1, 0.15) is 30.8 Å². The molecule has 1 N–H and O–H groups in total. The molecule has 1 heterocycles. The lowest BCUT2D eigenvalue weighted by Gasteiger charge is -2.20. The summed E-state index contributed by atoms with van der Waals surface area (Å²) in [6.07, 6.45) is 0. The molecule has 2 aromatic carbocycles. The van der Waals surface area contributed by atoms with Crippen LogP contribution < -0.4 is 5.32 Å². The van der Waals surface area contributed by atoms with E-state index in [1.807, 2.05) is 25.1 Å². The lowest BCUT2D eigenvalue weighted by molar-refractivity contribution is -0.384. The van der Waals surface area contributed by atoms with E-state index in [2.05, 4.69) is 21.6 Å². The van der Waals surface area contributed by atoms with Crippen LogP contribution >= 0.6 is 23.4 Å². The molecule has 0 aliphatic carbocycles. The molecule has 3 rings (SSSR count). The molecule has 0 aliphatic rings. The van der Waals surface area contributed by atoms with Crippen LogP contribution in [0.5, 0.6) is 0 Å². The molecule has 0 saturated carbocycles. The highest BCUT2D eigenvalue weighted by Crippen LogP contribution is 2.27. The number of non-ortho nitro benzene ring substituents is 1. The van der Waals surface area contributed by atoms with Crippen molar-refractivity contribution in [1.82, 2.24) is 20.1 Å². The lowest BCUT2D eigenvalue weighted by Crippen LogP contribution is -2.38. The number of hydrogen-bond donors (Lipinski definition) is 1. The number of alkyl halides is 1. The Labute approximate surface area is 195 Å². The fourth-order valence-corrected chi connectivity index (χ4v) is 3.94. The van der Waals surface area contributed by atoms with Crippen molar-refractivity contribution in [3.8, 4) is 5.69 Å². The number of benzene rings is 2. The van der Waals surface area contributed by atoms with Crippen molar-refractivity contribution in [1.29, 1.82) is 0 Å². The average Bonchev–Trinajstić information content (AvgIpc) is 3.18. The third-order valence-electron chi connectivity index (χ3n) is 4.83. The van der Waals surface area contributed by atoms with Gasteiger partial charge in [-0.2, -0.15) is 0 Å². The van der Waals surface area contributed by atoms with Gasteiger partial charge in [-0.1, -0.05) is 41.6 Å². The predicted molar refractivity (Wildman–Crippen MR) is 125 cm³/mol. The van der Waals surface area contributed by atoms with E-state index in [-0.39, 0.29) is 24.0 Å². The number of hydrogen-bond acceptors (Lipinski definition) is 6. The first kappa shape index (κ1) is 23.7. The van der Waals surface area contributed by atoms with Crippen molar-refractivity contribution >= 4 is 35.0 Å². The molecular formula is C22H24ClN5O3S. The molecule has 32 heavy (non-hydrogen) atoms. The molecule has 0 fully saturated rings. The average molecular weight is 474 g/mol. The minimum Gasteiger partial charge on any atom is -0.348 e. The SMILES string of the molecule is Cc1cccc(CSc2nnc(CNC(=O)C(C)(C)CCl)n2-c2ccc([N+](=O)[O-])cc2)c1. The minimum atomic E-state index is -0.720. The summed E-state index contributed by atoms with van der Waals surface area (Å²) >= 11 is 7.40. The third kappa shape index (κ3) is 5.66. The third-order valence-corrected chi connectivity index (χ3v) is 6.49. The Morgan fingerprint density at radius 2 is 1.94 bits per heavy atom. The molecule has 8 nitrogen and oxygen atoms in total. The second kappa shape index (κ2) is 10.1. The van der Waals surface area contributed by atoms with E-state index in [0.29, 0.717) is 22.4 Å². The number of carbonyl (C=O) groups excluding carboxylic acids is 1. The number of thioether (sulfide) groups is 1. The Balaban J connectivity index is 1.89. The summed E-state index contributed by atoms with van der Waals surface area (Å²) in [6, 6.07) is 14.4. The molecule has 0 spiro atoms. The number of aryl methyl sites for hydroxylation is 1. The van der Waals surface area contributed by atoms with Gasteiger partial charge in [-0.05, 0) is 38.5 Å². The molecule has 3 aromatic rings. The lowest BCUT2D eigenvalue weighted by atomic mass is 9.95. The van der Waals surface area contributed by atoms with E-state index in [9.17, 15) is 14.9 Å². The number of aromatic nitrogens is 3. The predicted octanol–water partition coefficient (Wildman–Crippen LogP) is 4.66. The fraction of sp³-hybridized carbons (Fsp3) is 0.318. The van der Waals surface area contributed by atoms with Gasteiger partial charge in [0.2, 0.25) is 5.91 Å². The van der Waals surface area contributed by atoms with Crippen molar-refractivity contribution in [3.05, 3.63) is 75.6 Å². The molecule has 0 bridgehead atoms. The molecule has 0 atom stereocenters. The van der Waals surface area contributed by atoms with Crippen LogP contribution in [0.4, 0.5) is 5.69 Å². The van der Waals surface area contributed by atoms with E-state index < -0.39 is 10.3 Å². The summed E-state index contributed by atoms with van der Waals surface area (Å²) < 4.78 is 1.80. The van der Waals surface area contributed by atoms with Crippen molar-refractivity contribution < 1.29 is 9.72 Å². The smallest absolute Gasteiger partial charge is 0.269 e. The zero-order valence-corrected chi connectivity index (χ0v) is 19.6. The largest absolute Gasteiger partial charge is 0.348 e. The number of nitro benzene ring substituents is 1. The maximum absolute atomic E-state index is 12.5. The fourth-order valence-electron chi connectivity index (χ4n) is 2.90. The number of amides is 1. The van der Waals surface area contributed by atoms with E-state index in [1.54, 1.807) is 30.5 Å². The molecule has 0 unspecified atom stereocenters. The Morgan fingerprint density at radius 1 is 1.22 bits per heavy atom. The van der Waals surface area contributed by atoms with Crippen molar-refractivity contribution in [2.24, 2.45) is 5.41 Å². The molecule has 0 aliphatic heterocycles. The highest BCUT2D eigenvalue weighted by Gasteiger charge is 2.27. The molecule has 1 aromatic heterocycles. The van der Waals surface area contributed by atoms with Crippen LogP contribution in [0.2, 0.25) is 0 Å². The topological polar surface area (TPSA) is 103 Å². The van der Waals surface area contributed by atoms with Crippen LogP contribution in [0, 0.1) is 22.5 Å². The van der Waals surface area contributed by atoms with Gasteiger partial charge in [0.25, 0.3) is 5.69 Å². The van der Waals surface area contributed by atoms with Gasteiger partial charge < -0.3 is 5.32 Å². The van der Waals surface area contributed by atoms with Crippen molar-refractivity contribution in [2.45, 2.75) is 38.2 Å². The van der Waals surface area contributed by atoms with Crippen molar-refractivity contribution in [3.63, 3.8) is 0 Å². The number of rotatable bonds is 9. The maximum Gasteiger partial charge on any atom is 0.269 e. The molecule has 168 valence electrons. The van der Waals surface area contributed by atoms with Gasteiger partial charge >= 0.3 is 0 Å². The summed E-state index contributed by atoms with van der Waals surface area (Å²) in [6.45, 7) is 5.71. The summed E-state index contributed by atoms with van der Waals surface area (Å²) in [5.41, 5.74) is 2.27. The first-order valence-corrected chi connectivity index (χ1v) is 11.4. The Bertz CT molecular complexity index is 1120. The normalized spacial score (nSPS) is 11.4. The monoisotopic (exact) mass is 473 g/mol. The van der Waals surface area contributed by atoms with E-state index >= 15 is 0 Å². The number of nitro groups is 1. The summed E-state index contributed by atoms with van der Waals surface area (Å²) in [7, 11) is 0. The van der Waals surface area contributed by atoms with Gasteiger partial charge in [0.1, 0.15) is 0 Å². The van der Waals surface area contributed by atoms with Crippen LogP contribution in [-0.2, 0) is 17.1 Å². The molecular weight excluding hydrogens is 450 g/mol. The maximum atomic E-state index is 12.5. The first-order chi connectivity index (χ1) is 15.2. The van der Waals surface area contributed by atoms with Crippen LogP contribution in [0.25, 0.3) is 5.69 Å². The molecule has 0 radical (unpaired) electrons. The molecule has 0 saturated heterocycles. The van der Waals surface area contributed by atoms with Gasteiger partial charge in [0.15, 0.2) is 11.0 Å². The van der Waals surface area contributed by atoms with Crippen LogP contribution in [0.15, 0.2) is 53.7 Å². The minimum absolute atomic E-state index is 0.00509. The van der Waals surface area contributed by atoms with E-state index in [0.717, 1.165) is 5.56 Å². The number of nitrogens with zero attached hydrogens (tertiary/aromatic N) is 4. The second-order valence-electron chi connectivity index (χ2n) is 7.99. The molecule has 1 amide bonds.